The van der Waals surface area contributed by atoms with Crippen LogP contribution in [0.2, 0.25) is 0 Å². The second kappa shape index (κ2) is 4.99. The van der Waals surface area contributed by atoms with Crippen LogP contribution in [-0.4, -0.2) is 45.7 Å². The molecule has 3 rings (SSSR count). The maximum atomic E-state index is 11.8. The van der Waals surface area contributed by atoms with Crippen molar-refractivity contribution in [1.82, 2.24) is 24.8 Å². The van der Waals surface area contributed by atoms with E-state index in [1.807, 2.05) is 6.92 Å². The lowest BCUT2D eigenvalue weighted by molar-refractivity contribution is 0.248. The van der Waals surface area contributed by atoms with Gasteiger partial charge in [0, 0.05) is 24.3 Å². The highest BCUT2D eigenvalue weighted by Gasteiger charge is 2.20. The van der Waals surface area contributed by atoms with E-state index in [0.29, 0.717) is 11.0 Å². The van der Waals surface area contributed by atoms with E-state index in [0.717, 1.165) is 30.3 Å². The van der Waals surface area contributed by atoms with E-state index < -0.39 is 0 Å². The number of hydrogen-bond acceptors (Lipinski definition) is 6. The second-order valence-electron chi connectivity index (χ2n) is 4.99. The molecule has 102 valence electrons. The summed E-state index contributed by atoms with van der Waals surface area (Å²) in [5.41, 5.74) is 0.642. The summed E-state index contributed by atoms with van der Waals surface area (Å²) in [6.45, 7) is 4.70. The molecule has 1 unspecified atom stereocenters. The summed E-state index contributed by atoms with van der Waals surface area (Å²) in [5.74, 6) is 0. The van der Waals surface area contributed by atoms with Crippen molar-refractivity contribution < 1.29 is 0 Å². The zero-order valence-electron chi connectivity index (χ0n) is 11.1. The largest absolute Gasteiger partial charge is 0.315 e. The Labute approximate surface area is 115 Å². The van der Waals surface area contributed by atoms with Crippen molar-refractivity contribution in [2.24, 2.45) is 0 Å². The molecule has 0 spiro atoms. The van der Waals surface area contributed by atoms with Crippen LogP contribution in [0.1, 0.15) is 17.1 Å². The fourth-order valence-corrected chi connectivity index (χ4v) is 3.39. The van der Waals surface area contributed by atoms with Crippen molar-refractivity contribution in [3.8, 4) is 0 Å². The Morgan fingerprint density at radius 1 is 1.63 bits per heavy atom. The third kappa shape index (κ3) is 2.54. The molecule has 0 saturated carbocycles. The van der Waals surface area contributed by atoms with Crippen LogP contribution in [-0.2, 0) is 6.54 Å². The maximum absolute atomic E-state index is 11.8. The summed E-state index contributed by atoms with van der Waals surface area (Å²) >= 11 is 1.49. The number of aryl methyl sites for hydroxylation is 1. The molecule has 19 heavy (non-hydrogen) atoms. The average Bonchev–Trinajstić information content (AvgIpc) is 2.96. The topological polar surface area (TPSA) is 62.5 Å². The van der Waals surface area contributed by atoms with E-state index in [-0.39, 0.29) is 5.56 Å². The molecule has 0 aromatic carbocycles. The Bertz CT molecular complexity index is 643. The number of aromatic nitrogens is 3. The Morgan fingerprint density at radius 3 is 3.21 bits per heavy atom. The minimum absolute atomic E-state index is 0.102. The Kier molecular flexibility index (Phi) is 3.34. The summed E-state index contributed by atoms with van der Waals surface area (Å²) < 4.78 is 1.40. The van der Waals surface area contributed by atoms with Crippen LogP contribution in [0.3, 0.4) is 0 Å². The summed E-state index contributed by atoms with van der Waals surface area (Å²) in [5, 5.41) is 8.65. The zero-order valence-corrected chi connectivity index (χ0v) is 11.9. The van der Waals surface area contributed by atoms with Gasteiger partial charge < -0.3 is 5.32 Å². The molecule has 0 amide bonds. The molecule has 0 bridgehead atoms. The first-order valence-electron chi connectivity index (χ1n) is 6.41. The molecule has 1 saturated heterocycles. The van der Waals surface area contributed by atoms with Crippen LogP contribution in [0.4, 0.5) is 0 Å². The molecule has 1 atom stereocenters. The zero-order chi connectivity index (χ0) is 13.4. The molecule has 1 aliphatic heterocycles. The average molecular weight is 279 g/mol. The monoisotopic (exact) mass is 279 g/mol. The van der Waals surface area contributed by atoms with Gasteiger partial charge >= 0.3 is 0 Å². The Morgan fingerprint density at radius 2 is 2.47 bits per heavy atom. The van der Waals surface area contributed by atoms with Crippen molar-refractivity contribution in [3.63, 3.8) is 0 Å². The molecule has 1 N–H and O–H groups in total. The molecule has 6 nitrogen and oxygen atoms in total. The Balaban J connectivity index is 1.85. The minimum Gasteiger partial charge on any atom is -0.315 e. The first-order chi connectivity index (χ1) is 9.13. The number of rotatable bonds is 3. The molecular formula is C12H17N5OS. The molecular weight excluding hydrogens is 262 g/mol. The van der Waals surface area contributed by atoms with Crippen LogP contribution in [0.25, 0.3) is 4.96 Å². The van der Waals surface area contributed by atoms with E-state index in [1.54, 1.807) is 0 Å². The molecule has 7 heteroatoms. The molecule has 3 heterocycles. The highest BCUT2D eigenvalue weighted by atomic mass is 32.1. The molecule has 1 aliphatic rings. The number of fused-ring (bicyclic) bond motifs is 1. The summed E-state index contributed by atoms with van der Waals surface area (Å²) in [6, 6.07) is 2.07. The van der Waals surface area contributed by atoms with Crippen molar-refractivity contribution >= 4 is 16.3 Å². The maximum Gasteiger partial charge on any atom is 0.275 e. The van der Waals surface area contributed by atoms with E-state index >= 15 is 0 Å². The van der Waals surface area contributed by atoms with Gasteiger partial charge in [0.2, 0.25) is 4.96 Å². The van der Waals surface area contributed by atoms with Crippen LogP contribution < -0.4 is 10.9 Å². The van der Waals surface area contributed by atoms with Gasteiger partial charge in [-0.15, -0.1) is 0 Å². The summed E-state index contributed by atoms with van der Waals surface area (Å²) in [4.78, 5) is 19.1. The molecule has 2 aromatic rings. The SMILES string of the molecule is Cc1cc(=O)n2nc(CN(C)C3CCNC3)sc2n1. The summed E-state index contributed by atoms with van der Waals surface area (Å²) in [6.07, 6.45) is 1.17. The molecule has 0 aliphatic carbocycles. The van der Waals surface area contributed by atoms with Gasteiger partial charge in [-0.3, -0.25) is 9.69 Å². The number of hydrogen-bond donors (Lipinski definition) is 1. The van der Waals surface area contributed by atoms with Crippen molar-refractivity contribution in [3.05, 3.63) is 27.1 Å². The van der Waals surface area contributed by atoms with Crippen molar-refractivity contribution in [2.45, 2.75) is 25.9 Å². The fraction of sp³-hybridized carbons (Fsp3) is 0.583. The predicted molar refractivity (Wildman–Crippen MR) is 74.6 cm³/mol. The van der Waals surface area contributed by atoms with Crippen LogP contribution in [0.5, 0.6) is 0 Å². The smallest absolute Gasteiger partial charge is 0.275 e. The third-order valence-corrected chi connectivity index (χ3v) is 4.35. The van der Waals surface area contributed by atoms with E-state index in [1.165, 1.54) is 28.3 Å². The van der Waals surface area contributed by atoms with Gasteiger partial charge in [0.1, 0.15) is 5.01 Å². The van der Waals surface area contributed by atoms with Gasteiger partial charge in [0.15, 0.2) is 0 Å². The number of nitrogens with one attached hydrogen (secondary N) is 1. The van der Waals surface area contributed by atoms with E-state index in [2.05, 4.69) is 27.3 Å². The molecule has 2 aromatic heterocycles. The standard InChI is InChI=1S/C12H17N5OS/c1-8-5-11(18)17-12(14-8)19-10(15-17)7-16(2)9-3-4-13-6-9/h5,9,13H,3-4,6-7H2,1-2H3. The lowest BCUT2D eigenvalue weighted by atomic mass is 10.2. The molecule has 0 radical (unpaired) electrons. The third-order valence-electron chi connectivity index (χ3n) is 3.46. The van der Waals surface area contributed by atoms with Gasteiger partial charge in [0.05, 0.1) is 6.54 Å². The molecule has 1 fully saturated rings. The van der Waals surface area contributed by atoms with Gasteiger partial charge in [0.25, 0.3) is 5.56 Å². The second-order valence-corrected chi connectivity index (χ2v) is 6.03. The first kappa shape index (κ1) is 12.7. The fourth-order valence-electron chi connectivity index (χ4n) is 2.38. The Hall–Kier alpha value is -1.31. The van der Waals surface area contributed by atoms with Crippen LogP contribution in [0.15, 0.2) is 10.9 Å². The number of nitrogens with zero attached hydrogens (tertiary/aromatic N) is 4. The summed E-state index contributed by atoms with van der Waals surface area (Å²) in [7, 11) is 2.10. The van der Waals surface area contributed by atoms with Crippen LogP contribution in [0, 0.1) is 6.92 Å². The van der Waals surface area contributed by atoms with Gasteiger partial charge in [-0.25, -0.2) is 4.98 Å². The lowest BCUT2D eigenvalue weighted by Gasteiger charge is -2.21. The number of likely N-dealkylation sites (N-methyl/N-ethyl adjacent to an activating group) is 1. The van der Waals surface area contributed by atoms with Gasteiger partial charge in [-0.1, -0.05) is 11.3 Å². The van der Waals surface area contributed by atoms with Crippen LogP contribution >= 0.6 is 11.3 Å². The first-order valence-corrected chi connectivity index (χ1v) is 7.22. The van der Waals surface area contributed by atoms with E-state index in [4.69, 9.17) is 0 Å². The predicted octanol–water partition coefficient (Wildman–Crippen LogP) is 0.253. The van der Waals surface area contributed by atoms with Crippen molar-refractivity contribution in [2.75, 3.05) is 20.1 Å². The minimum atomic E-state index is -0.102. The van der Waals surface area contributed by atoms with E-state index in [9.17, 15) is 4.79 Å². The van der Waals surface area contributed by atoms with Gasteiger partial charge in [-0.2, -0.15) is 9.61 Å². The quantitative estimate of drug-likeness (QED) is 0.873. The highest BCUT2D eigenvalue weighted by molar-refractivity contribution is 7.16. The lowest BCUT2D eigenvalue weighted by Crippen LogP contribution is -2.32. The highest BCUT2D eigenvalue weighted by Crippen LogP contribution is 2.16. The van der Waals surface area contributed by atoms with Gasteiger partial charge in [-0.05, 0) is 26.9 Å². The van der Waals surface area contributed by atoms with Crippen molar-refractivity contribution in [1.29, 1.82) is 0 Å². The normalized spacial score (nSPS) is 19.6.